The molecule has 0 spiro atoms. The van der Waals surface area contributed by atoms with Gasteiger partial charge in [0, 0.05) is 38.9 Å². The van der Waals surface area contributed by atoms with Gasteiger partial charge in [0.2, 0.25) is 10.0 Å². The third kappa shape index (κ3) is 4.18. The number of hydrogen-bond acceptors (Lipinski definition) is 4. The molecular formula is C15H27N3O2S. The standard InChI is InChI=1S/C15H27N3O2S/c1-5-13(6-2)18(12-11-16)14-7-9-15(10-8-14)21(19,20)17(3)4/h7-10,13H,5-6,11-12,16H2,1-4H3. The van der Waals surface area contributed by atoms with Crippen LogP contribution in [0.5, 0.6) is 0 Å². The van der Waals surface area contributed by atoms with Crippen molar-refractivity contribution in [1.82, 2.24) is 4.31 Å². The first-order valence-corrected chi connectivity index (χ1v) is 8.81. The van der Waals surface area contributed by atoms with Crippen LogP contribution in [0.15, 0.2) is 29.2 Å². The van der Waals surface area contributed by atoms with E-state index in [-0.39, 0.29) is 0 Å². The lowest BCUT2D eigenvalue weighted by atomic mass is 10.1. The van der Waals surface area contributed by atoms with Crippen molar-refractivity contribution in [3.05, 3.63) is 24.3 Å². The first-order valence-electron chi connectivity index (χ1n) is 7.37. The van der Waals surface area contributed by atoms with Gasteiger partial charge >= 0.3 is 0 Å². The molecule has 0 aliphatic rings. The summed E-state index contributed by atoms with van der Waals surface area (Å²) in [6.07, 6.45) is 2.07. The van der Waals surface area contributed by atoms with Crippen LogP contribution in [0.4, 0.5) is 5.69 Å². The Hall–Kier alpha value is -1.11. The second-order valence-corrected chi connectivity index (χ2v) is 7.39. The lowest BCUT2D eigenvalue weighted by molar-refractivity contribution is 0.520. The van der Waals surface area contributed by atoms with E-state index in [0.29, 0.717) is 17.5 Å². The number of sulfonamides is 1. The van der Waals surface area contributed by atoms with E-state index < -0.39 is 10.0 Å². The minimum Gasteiger partial charge on any atom is -0.367 e. The highest BCUT2D eigenvalue weighted by Crippen LogP contribution is 2.23. The van der Waals surface area contributed by atoms with E-state index >= 15 is 0 Å². The Kier molecular flexibility index (Phi) is 6.64. The van der Waals surface area contributed by atoms with E-state index in [1.165, 1.54) is 18.4 Å². The van der Waals surface area contributed by atoms with E-state index in [0.717, 1.165) is 25.1 Å². The zero-order valence-corrected chi connectivity index (χ0v) is 14.2. The Morgan fingerprint density at radius 2 is 1.62 bits per heavy atom. The van der Waals surface area contributed by atoms with E-state index in [1.54, 1.807) is 12.1 Å². The molecule has 21 heavy (non-hydrogen) atoms. The quantitative estimate of drug-likeness (QED) is 0.796. The van der Waals surface area contributed by atoms with Crippen LogP contribution in [0.25, 0.3) is 0 Å². The van der Waals surface area contributed by atoms with Crippen LogP contribution in [-0.2, 0) is 10.0 Å². The summed E-state index contributed by atoms with van der Waals surface area (Å²) in [6.45, 7) is 5.66. The fourth-order valence-corrected chi connectivity index (χ4v) is 3.31. The summed E-state index contributed by atoms with van der Waals surface area (Å²) >= 11 is 0. The summed E-state index contributed by atoms with van der Waals surface area (Å²) < 4.78 is 25.4. The number of nitrogens with two attached hydrogens (primary N) is 1. The van der Waals surface area contributed by atoms with E-state index in [1.807, 2.05) is 12.1 Å². The molecule has 0 aliphatic heterocycles. The van der Waals surface area contributed by atoms with Crippen LogP contribution in [0.2, 0.25) is 0 Å². The van der Waals surface area contributed by atoms with Crippen molar-refractivity contribution in [2.45, 2.75) is 37.6 Å². The van der Waals surface area contributed by atoms with Gasteiger partial charge in [-0.1, -0.05) is 13.8 Å². The molecular weight excluding hydrogens is 286 g/mol. The first kappa shape index (κ1) is 17.9. The molecule has 0 fully saturated rings. The zero-order chi connectivity index (χ0) is 16.0. The SMILES string of the molecule is CCC(CC)N(CCN)c1ccc(S(=O)(=O)N(C)C)cc1. The van der Waals surface area contributed by atoms with Crippen molar-refractivity contribution in [3.63, 3.8) is 0 Å². The number of rotatable bonds is 8. The minimum atomic E-state index is -3.37. The number of nitrogens with zero attached hydrogens (tertiary/aromatic N) is 2. The monoisotopic (exact) mass is 313 g/mol. The van der Waals surface area contributed by atoms with Gasteiger partial charge < -0.3 is 10.6 Å². The molecule has 5 nitrogen and oxygen atoms in total. The van der Waals surface area contributed by atoms with E-state index in [2.05, 4.69) is 18.7 Å². The van der Waals surface area contributed by atoms with Crippen molar-refractivity contribution < 1.29 is 8.42 Å². The maximum absolute atomic E-state index is 12.1. The third-order valence-electron chi connectivity index (χ3n) is 3.70. The molecule has 1 aromatic rings. The summed E-state index contributed by atoms with van der Waals surface area (Å²) in [6, 6.07) is 7.48. The predicted molar refractivity (Wildman–Crippen MR) is 88.1 cm³/mol. The molecule has 120 valence electrons. The van der Waals surface area contributed by atoms with Gasteiger partial charge in [-0.25, -0.2) is 12.7 Å². The lowest BCUT2D eigenvalue weighted by Gasteiger charge is -2.32. The molecule has 0 unspecified atom stereocenters. The Bertz CT molecular complexity index is 522. The molecule has 0 radical (unpaired) electrons. The van der Waals surface area contributed by atoms with Crippen LogP contribution >= 0.6 is 0 Å². The first-order chi connectivity index (χ1) is 9.88. The van der Waals surface area contributed by atoms with Gasteiger partial charge in [0.15, 0.2) is 0 Å². The third-order valence-corrected chi connectivity index (χ3v) is 5.53. The Morgan fingerprint density at radius 3 is 2.00 bits per heavy atom. The normalized spacial score (nSPS) is 12.1. The highest BCUT2D eigenvalue weighted by atomic mass is 32.2. The summed E-state index contributed by atoms with van der Waals surface area (Å²) in [5.74, 6) is 0. The van der Waals surface area contributed by atoms with Crippen molar-refractivity contribution in [2.24, 2.45) is 5.73 Å². The molecule has 0 heterocycles. The van der Waals surface area contributed by atoms with E-state index in [9.17, 15) is 8.42 Å². The maximum atomic E-state index is 12.1. The highest BCUT2D eigenvalue weighted by molar-refractivity contribution is 7.89. The fraction of sp³-hybridized carbons (Fsp3) is 0.600. The highest BCUT2D eigenvalue weighted by Gasteiger charge is 2.19. The maximum Gasteiger partial charge on any atom is 0.242 e. The van der Waals surface area contributed by atoms with Crippen LogP contribution in [0.3, 0.4) is 0 Å². The Morgan fingerprint density at radius 1 is 1.10 bits per heavy atom. The lowest BCUT2D eigenvalue weighted by Crippen LogP contribution is -2.38. The van der Waals surface area contributed by atoms with E-state index in [4.69, 9.17) is 5.73 Å². The van der Waals surface area contributed by atoms with Gasteiger partial charge in [0.25, 0.3) is 0 Å². The number of anilines is 1. The summed E-state index contributed by atoms with van der Waals surface area (Å²) in [4.78, 5) is 2.57. The minimum absolute atomic E-state index is 0.313. The van der Waals surface area contributed by atoms with Crippen molar-refractivity contribution in [2.75, 3.05) is 32.1 Å². The Labute approximate surface area is 128 Å². The summed E-state index contributed by atoms with van der Waals surface area (Å²) in [7, 11) is -0.301. The van der Waals surface area contributed by atoms with Gasteiger partial charge in [-0.05, 0) is 37.1 Å². The average molecular weight is 313 g/mol. The van der Waals surface area contributed by atoms with Crippen molar-refractivity contribution >= 4 is 15.7 Å². The van der Waals surface area contributed by atoms with Gasteiger partial charge in [0.1, 0.15) is 0 Å². The van der Waals surface area contributed by atoms with Crippen LogP contribution in [0, 0.1) is 0 Å². The number of benzene rings is 1. The Balaban J connectivity index is 3.09. The van der Waals surface area contributed by atoms with Crippen molar-refractivity contribution in [3.8, 4) is 0 Å². The molecule has 0 aromatic heterocycles. The van der Waals surface area contributed by atoms with Gasteiger partial charge in [0.05, 0.1) is 4.90 Å². The zero-order valence-electron chi connectivity index (χ0n) is 13.4. The van der Waals surface area contributed by atoms with Crippen LogP contribution < -0.4 is 10.6 Å². The second-order valence-electron chi connectivity index (χ2n) is 5.23. The fourth-order valence-electron chi connectivity index (χ4n) is 2.41. The van der Waals surface area contributed by atoms with Gasteiger partial charge in [-0.2, -0.15) is 0 Å². The molecule has 0 saturated carbocycles. The molecule has 2 N–H and O–H groups in total. The largest absolute Gasteiger partial charge is 0.367 e. The molecule has 1 aromatic carbocycles. The molecule has 0 aliphatic carbocycles. The average Bonchev–Trinajstić information content (AvgIpc) is 2.47. The molecule has 6 heteroatoms. The predicted octanol–water partition coefficient (Wildman–Crippen LogP) is 1.89. The number of hydrogen-bond donors (Lipinski definition) is 1. The molecule has 0 bridgehead atoms. The molecule has 1 rings (SSSR count). The molecule has 0 atom stereocenters. The molecule has 0 amide bonds. The van der Waals surface area contributed by atoms with Crippen LogP contribution in [-0.4, -0.2) is 45.9 Å². The van der Waals surface area contributed by atoms with Crippen LogP contribution in [0.1, 0.15) is 26.7 Å². The molecule has 0 saturated heterocycles. The van der Waals surface area contributed by atoms with Gasteiger partial charge in [-0.3, -0.25) is 0 Å². The summed E-state index contributed by atoms with van der Waals surface area (Å²) in [5, 5.41) is 0. The second kappa shape index (κ2) is 7.77. The van der Waals surface area contributed by atoms with Crippen molar-refractivity contribution in [1.29, 1.82) is 0 Å². The van der Waals surface area contributed by atoms with Gasteiger partial charge in [-0.15, -0.1) is 0 Å². The summed E-state index contributed by atoms with van der Waals surface area (Å²) in [5.41, 5.74) is 6.73. The smallest absolute Gasteiger partial charge is 0.242 e. The topological polar surface area (TPSA) is 66.6 Å².